The number of nitrogens with one attached hydrogen (secondary N) is 2. The third-order valence-electron chi connectivity index (χ3n) is 4.22. The van der Waals surface area contributed by atoms with Gasteiger partial charge in [0.1, 0.15) is 12.4 Å². The second-order valence-corrected chi connectivity index (χ2v) is 6.94. The number of halogens is 1. The van der Waals surface area contributed by atoms with E-state index in [1.807, 2.05) is 26.0 Å². The Morgan fingerprint density at radius 3 is 2.17 bits per heavy atom. The second kappa shape index (κ2) is 9.21. The van der Waals surface area contributed by atoms with Gasteiger partial charge in [-0.3, -0.25) is 25.4 Å². The van der Waals surface area contributed by atoms with E-state index in [4.69, 9.17) is 16.3 Å². The van der Waals surface area contributed by atoms with Gasteiger partial charge in [-0.1, -0.05) is 17.7 Å². The Bertz CT molecular complexity index is 998. The number of ether oxygens (including phenoxy) is 1. The fourth-order valence-corrected chi connectivity index (χ4v) is 2.93. The van der Waals surface area contributed by atoms with Gasteiger partial charge >= 0.3 is 0 Å². The highest BCUT2D eigenvalue weighted by Crippen LogP contribution is 2.25. The van der Waals surface area contributed by atoms with E-state index in [1.54, 1.807) is 48.8 Å². The van der Waals surface area contributed by atoms with Crippen molar-refractivity contribution in [2.45, 2.75) is 20.5 Å². The van der Waals surface area contributed by atoms with Gasteiger partial charge < -0.3 is 4.74 Å². The van der Waals surface area contributed by atoms with Crippen molar-refractivity contribution in [3.05, 3.63) is 93.8 Å². The molecule has 0 aliphatic carbocycles. The monoisotopic (exact) mass is 409 g/mol. The van der Waals surface area contributed by atoms with Gasteiger partial charge in [0.2, 0.25) is 0 Å². The number of hydrazine groups is 1. The molecule has 0 saturated heterocycles. The first-order chi connectivity index (χ1) is 13.9. The zero-order valence-corrected chi connectivity index (χ0v) is 16.8. The molecule has 0 aliphatic heterocycles. The van der Waals surface area contributed by atoms with Crippen molar-refractivity contribution in [3.8, 4) is 5.75 Å². The van der Waals surface area contributed by atoms with Crippen molar-refractivity contribution in [2.24, 2.45) is 0 Å². The summed E-state index contributed by atoms with van der Waals surface area (Å²) in [5, 5.41) is 0.530. The lowest BCUT2D eigenvalue weighted by Crippen LogP contribution is -2.41. The fraction of sp³-hybridized carbons (Fsp3) is 0.136. The van der Waals surface area contributed by atoms with Gasteiger partial charge in [0, 0.05) is 34.1 Å². The lowest BCUT2D eigenvalue weighted by Gasteiger charge is -2.14. The zero-order valence-electron chi connectivity index (χ0n) is 16.0. The summed E-state index contributed by atoms with van der Waals surface area (Å²) in [6.45, 7) is 4.13. The Balaban J connectivity index is 1.63. The Labute approximate surface area is 173 Å². The first kappa shape index (κ1) is 20.4. The van der Waals surface area contributed by atoms with Gasteiger partial charge in [-0.15, -0.1) is 0 Å². The molecule has 29 heavy (non-hydrogen) atoms. The van der Waals surface area contributed by atoms with E-state index >= 15 is 0 Å². The van der Waals surface area contributed by atoms with Crippen molar-refractivity contribution in [1.29, 1.82) is 0 Å². The highest BCUT2D eigenvalue weighted by atomic mass is 35.5. The minimum absolute atomic E-state index is 0.387. The number of benzene rings is 2. The Kier molecular flexibility index (Phi) is 6.46. The lowest BCUT2D eigenvalue weighted by molar-refractivity contribution is 0.0846. The van der Waals surface area contributed by atoms with Crippen LogP contribution in [0.15, 0.2) is 60.9 Å². The molecule has 0 radical (unpaired) electrons. The highest BCUT2D eigenvalue weighted by molar-refractivity contribution is 6.30. The Morgan fingerprint density at radius 2 is 1.59 bits per heavy atom. The summed E-state index contributed by atoms with van der Waals surface area (Å²) < 4.78 is 5.90. The predicted octanol–water partition coefficient (Wildman–Crippen LogP) is 4.01. The smallest absolute Gasteiger partial charge is 0.269 e. The van der Waals surface area contributed by atoms with Gasteiger partial charge in [0.05, 0.1) is 0 Å². The van der Waals surface area contributed by atoms with Crippen molar-refractivity contribution in [1.82, 2.24) is 15.8 Å². The summed E-state index contributed by atoms with van der Waals surface area (Å²) in [5.41, 5.74) is 8.23. The minimum atomic E-state index is -0.431. The van der Waals surface area contributed by atoms with E-state index in [0.29, 0.717) is 22.8 Å². The number of aromatic nitrogens is 1. The molecular formula is C22H20ClN3O3. The average molecular weight is 410 g/mol. The topological polar surface area (TPSA) is 80.3 Å². The fourth-order valence-electron chi connectivity index (χ4n) is 2.81. The molecule has 3 aromatic rings. The summed E-state index contributed by atoms with van der Waals surface area (Å²) >= 11 is 5.81. The summed E-state index contributed by atoms with van der Waals surface area (Å²) in [4.78, 5) is 28.6. The van der Waals surface area contributed by atoms with Gasteiger partial charge in [0.15, 0.2) is 0 Å². The number of pyridine rings is 1. The van der Waals surface area contributed by atoms with Gasteiger partial charge in [-0.25, -0.2) is 0 Å². The number of nitrogens with zero attached hydrogens (tertiary/aromatic N) is 1. The van der Waals surface area contributed by atoms with Crippen molar-refractivity contribution >= 4 is 23.4 Å². The lowest BCUT2D eigenvalue weighted by atomic mass is 10.1. The average Bonchev–Trinajstić information content (AvgIpc) is 2.72. The molecule has 0 spiro atoms. The molecule has 0 saturated carbocycles. The maximum atomic E-state index is 12.4. The Hall–Kier alpha value is -3.38. The molecular weight excluding hydrogens is 390 g/mol. The number of rotatable bonds is 5. The van der Waals surface area contributed by atoms with Crippen LogP contribution in [0.2, 0.25) is 5.02 Å². The summed E-state index contributed by atoms with van der Waals surface area (Å²) in [7, 11) is 0. The molecule has 0 bridgehead atoms. The van der Waals surface area contributed by atoms with Crippen LogP contribution in [-0.4, -0.2) is 16.8 Å². The summed E-state index contributed by atoms with van der Waals surface area (Å²) in [5.74, 6) is -0.132. The number of hydrogen-bond donors (Lipinski definition) is 2. The molecule has 0 fully saturated rings. The summed E-state index contributed by atoms with van der Waals surface area (Å²) in [6.07, 6.45) is 3.45. The van der Waals surface area contributed by atoms with Crippen LogP contribution >= 0.6 is 11.6 Å². The maximum Gasteiger partial charge on any atom is 0.269 e. The molecule has 0 aliphatic rings. The SMILES string of the molecule is Cc1cc(C(=O)NNC(=O)c2ccc(Cl)cc2)cc(C)c1OCc1cccnc1. The van der Waals surface area contributed by atoms with Gasteiger partial charge in [-0.2, -0.15) is 0 Å². The third kappa shape index (κ3) is 5.33. The molecule has 2 N–H and O–H groups in total. The van der Waals surface area contributed by atoms with Crippen LogP contribution in [0.5, 0.6) is 5.75 Å². The predicted molar refractivity (Wildman–Crippen MR) is 111 cm³/mol. The van der Waals surface area contributed by atoms with E-state index in [9.17, 15) is 9.59 Å². The molecule has 1 aromatic heterocycles. The van der Waals surface area contributed by atoms with Crippen LogP contribution in [0, 0.1) is 13.8 Å². The standard InChI is InChI=1S/C22H20ClN3O3/c1-14-10-18(11-15(2)20(14)29-13-16-4-3-9-24-12-16)22(28)26-25-21(27)17-5-7-19(23)8-6-17/h3-12H,13H2,1-2H3,(H,25,27)(H,26,28). The van der Waals surface area contributed by atoms with E-state index in [2.05, 4.69) is 15.8 Å². The van der Waals surface area contributed by atoms with Gasteiger partial charge in [0.25, 0.3) is 11.8 Å². The second-order valence-electron chi connectivity index (χ2n) is 6.50. The van der Waals surface area contributed by atoms with Crippen LogP contribution in [0.3, 0.4) is 0 Å². The molecule has 2 aromatic carbocycles. The molecule has 6 nitrogen and oxygen atoms in total. The minimum Gasteiger partial charge on any atom is -0.488 e. The van der Waals surface area contributed by atoms with E-state index < -0.39 is 11.8 Å². The van der Waals surface area contributed by atoms with Crippen molar-refractivity contribution in [2.75, 3.05) is 0 Å². The van der Waals surface area contributed by atoms with Gasteiger partial charge in [-0.05, 0) is 67.4 Å². The van der Waals surface area contributed by atoms with Crippen LogP contribution in [0.4, 0.5) is 0 Å². The quantitative estimate of drug-likeness (QED) is 0.624. The van der Waals surface area contributed by atoms with E-state index in [-0.39, 0.29) is 0 Å². The number of hydrogen-bond acceptors (Lipinski definition) is 4. The highest BCUT2D eigenvalue weighted by Gasteiger charge is 2.13. The Morgan fingerprint density at radius 1 is 0.966 bits per heavy atom. The van der Waals surface area contributed by atoms with Crippen LogP contribution in [0.25, 0.3) is 0 Å². The number of carbonyl (C=O) groups excluding carboxylic acids is 2. The number of amides is 2. The van der Waals surface area contributed by atoms with Crippen LogP contribution in [0.1, 0.15) is 37.4 Å². The van der Waals surface area contributed by atoms with E-state index in [0.717, 1.165) is 22.4 Å². The molecule has 7 heteroatoms. The summed E-state index contributed by atoms with van der Waals surface area (Å²) in [6, 6.07) is 13.6. The largest absolute Gasteiger partial charge is 0.488 e. The van der Waals surface area contributed by atoms with Crippen LogP contribution < -0.4 is 15.6 Å². The molecule has 0 atom stereocenters. The van der Waals surface area contributed by atoms with E-state index in [1.165, 1.54) is 0 Å². The number of aryl methyl sites for hydroxylation is 2. The molecule has 1 heterocycles. The van der Waals surface area contributed by atoms with Crippen molar-refractivity contribution < 1.29 is 14.3 Å². The third-order valence-corrected chi connectivity index (χ3v) is 4.48. The zero-order chi connectivity index (χ0) is 20.8. The first-order valence-electron chi connectivity index (χ1n) is 8.93. The van der Waals surface area contributed by atoms with Crippen molar-refractivity contribution in [3.63, 3.8) is 0 Å². The first-order valence-corrected chi connectivity index (χ1v) is 9.31. The molecule has 0 unspecified atom stereocenters. The van der Waals surface area contributed by atoms with Crippen LogP contribution in [-0.2, 0) is 6.61 Å². The normalized spacial score (nSPS) is 10.3. The maximum absolute atomic E-state index is 12.4. The number of carbonyl (C=O) groups is 2. The molecule has 3 rings (SSSR count). The molecule has 2 amide bonds. The molecule has 148 valence electrons.